The van der Waals surface area contributed by atoms with Gasteiger partial charge in [-0.15, -0.1) is 0 Å². The number of rotatable bonds is 6. The van der Waals surface area contributed by atoms with Gasteiger partial charge in [0.2, 0.25) is 0 Å². The van der Waals surface area contributed by atoms with E-state index < -0.39 is 0 Å². The Balaban J connectivity index is 2.28. The number of furan rings is 1. The molecule has 0 aliphatic carbocycles. The second-order valence-electron chi connectivity index (χ2n) is 3.52. The Hall–Kier alpha value is -1.29. The SMILES string of the molecule is CN(CCCCCO)C(=O)c1ccoc1. The molecule has 4 nitrogen and oxygen atoms in total. The van der Waals surface area contributed by atoms with Crippen LogP contribution in [-0.2, 0) is 0 Å². The maximum absolute atomic E-state index is 11.7. The van der Waals surface area contributed by atoms with E-state index >= 15 is 0 Å². The van der Waals surface area contributed by atoms with Crippen molar-refractivity contribution >= 4 is 5.91 Å². The fourth-order valence-electron chi connectivity index (χ4n) is 1.35. The van der Waals surface area contributed by atoms with E-state index in [0.717, 1.165) is 19.3 Å². The first kappa shape index (κ1) is 11.8. The molecule has 0 spiro atoms. The number of hydrogen-bond acceptors (Lipinski definition) is 3. The van der Waals surface area contributed by atoms with Crippen LogP contribution in [0.25, 0.3) is 0 Å². The monoisotopic (exact) mass is 211 g/mol. The quantitative estimate of drug-likeness (QED) is 0.726. The normalized spacial score (nSPS) is 10.3. The number of amides is 1. The van der Waals surface area contributed by atoms with Crippen molar-refractivity contribution in [3.05, 3.63) is 24.2 Å². The van der Waals surface area contributed by atoms with Gasteiger partial charge in [0.1, 0.15) is 6.26 Å². The Morgan fingerprint density at radius 2 is 2.27 bits per heavy atom. The van der Waals surface area contributed by atoms with Gasteiger partial charge in [-0.1, -0.05) is 0 Å². The molecule has 0 aliphatic heterocycles. The van der Waals surface area contributed by atoms with E-state index in [1.807, 2.05) is 0 Å². The predicted octanol–water partition coefficient (Wildman–Crippen LogP) is 1.51. The van der Waals surface area contributed by atoms with Gasteiger partial charge in [0.05, 0.1) is 11.8 Å². The molecular formula is C11H17NO3. The maximum atomic E-state index is 11.7. The molecule has 0 saturated heterocycles. The summed E-state index contributed by atoms with van der Waals surface area (Å²) in [5.74, 6) is -0.0206. The highest BCUT2D eigenvalue weighted by Gasteiger charge is 2.11. The number of aliphatic hydroxyl groups excluding tert-OH is 1. The molecule has 1 aromatic rings. The van der Waals surface area contributed by atoms with Crippen molar-refractivity contribution in [2.24, 2.45) is 0 Å². The Labute approximate surface area is 89.5 Å². The highest BCUT2D eigenvalue weighted by Crippen LogP contribution is 2.05. The third kappa shape index (κ3) is 3.75. The molecule has 1 heterocycles. The van der Waals surface area contributed by atoms with Crippen molar-refractivity contribution in [2.45, 2.75) is 19.3 Å². The number of aliphatic hydroxyl groups is 1. The van der Waals surface area contributed by atoms with E-state index in [4.69, 9.17) is 9.52 Å². The molecule has 0 atom stereocenters. The molecule has 15 heavy (non-hydrogen) atoms. The first-order valence-electron chi connectivity index (χ1n) is 5.14. The van der Waals surface area contributed by atoms with E-state index in [9.17, 15) is 4.79 Å². The van der Waals surface area contributed by atoms with Gasteiger partial charge in [-0.3, -0.25) is 4.79 Å². The zero-order valence-electron chi connectivity index (χ0n) is 8.98. The van der Waals surface area contributed by atoms with Crippen LogP contribution in [0.5, 0.6) is 0 Å². The largest absolute Gasteiger partial charge is 0.472 e. The van der Waals surface area contributed by atoms with Crippen molar-refractivity contribution in [1.82, 2.24) is 4.90 Å². The summed E-state index contributed by atoms with van der Waals surface area (Å²) in [5.41, 5.74) is 0.583. The molecule has 0 unspecified atom stereocenters. The third-order valence-electron chi connectivity index (χ3n) is 2.27. The summed E-state index contributed by atoms with van der Waals surface area (Å²) in [6.45, 7) is 0.934. The maximum Gasteiger partial charge on any atom is 0.256 e. The summed E-state index contributed by atoms with van der Waals surface area (Å²) in [6, 6.07) is 1.66. The molecular weight excluding hydrogens is 194 g/mol. The molecule has 0 aliphatic rings. The Bertz CT molecular complexity index is 282. The lowest BCUT2D eigenvalue weighted by atomic mass is 10.2. The van der Waals surface area contributed by atoms with Crippen LogP contribution in [-0.4, -0.2) is 36.1 Å². The lowest BCUT2D eigenvalue weighted by molar-refractivity contribution is 0.0791. The number of hydrogen-bond donors (Lipinski definition) is 1. The van der Waals surface area contributed by atoms with Crippen LogP contribution in [0.3, 0.4) is 0 Å². The van der Waals surface area contributed by atoms with E-state index in [0.29, 0.717) is 12.1 Å². The van der Waals surface area contributed by atoms with Crippen molar-refractivity contribution < 1.29 is 14.3 Å². The van der Waals surface area contributed by atoms with Gasteiger partial charge in [-0.25, -0.2) is 0 Å². The van der Waals surface area contributed by atoms with E-state index in [2.05, 4.69) is 0 Å². The Morgan fingerprint density at radius 1 is 1.47 bits per heavy atom. The molecule has 1 rings (SSSR count). The minimum Gasteiger partial charge on any atom is -0.472 e. The molecule has 0 saturated carbocycles. The highest BCUT2D eigenvalue weighted by atomic mass is 16.3. The second kappa shape index (κ2) is 6.24. The number of carbonyl (C=O) groups excluding carboxylic acids is 1. The molecule has 84 valence electrons. The van der Waals surface area contributed by atoms with Crippen LogP contribution >= 0.6 is 0 Å². The molecule has 1 amide bonds. The number of nitrogens with zero attached hydrogens (tertiary/aromatic N) is 1. The zero-order valence-corrected chi connectivity index (χ0v) is 8.98. The topological polar surface area (TPSA) is 53.7 Å². The average molecular weight is 211 g/mol. The first-order valence-corrected chi connectivity index (χ1v) is 5.14. The predicted molar refractivity (Wildman–Crippen MR) is 56.6 cm³/mol. The number of unbranched alkanes of at least 4 members (excludes halogenated alkanes) is 2. The summed E-state index contributed by atoms with van der Waals surface area (Å²) >= 11 is 0. The van der Waals surface area contributed by atoms with Crippen molar-refractivity contribution in [2.75, 3.05) is 20.2 Å². The minimum absolute atomic E-state index is 0.0206. The van der Waals surface area contributed by atoms with E-state index in [1.165, 1.54) is 12.5 Å². The van der Waals surface area contributed by atoms with Crippen LogP contribution in [0.15, 0.2) is 23.0 Å². The second-order valence-corrected chi connectivity index (χ2v) is 3.52. The summed E-state index contributed by atoms with van der Waals surface area (Å²) in [4.78, 5) is 13.4. The van der Waals surface area contributed by atoms with Crippen molar-refractivity contribution in [1.29, 1.82) is 0 Å². The van der Waals surface area contributed by atoms with Gasteiger partial charge in [0, 0.05) is 20.2 Å². The van der Waals surface area contributed by atoms with Crippen LogP contribution in [0.4, 0.5) is 0 Å². The molecule has 1 aromatic heterocycles. The Kier molecular flexibility index (Phi) is 4.90. The van der Waals surface area contributed by atoms with Crippen LogP contribution < -0.4 is 0 Å². The summed E-state index contributed by atoms with van der Waals surface area (Å²) in [5, 5.41) is 8.60. The van der Waals surface area contributed by atoms with Crippen LogP contribution in [0.1, 0.15) is 29.6 Å². The smallest absolute Gasteiger partial charge is 0.256 e. The van der Waals surface area contributed by atoms with Gasteiger partial charge in [0.15, 0.2) is 0 Å². The lowest BCUT2D eigenvalue weighted by Gasteiger charge is -2.15. The van der Waals surface area contributed by atoms with Gasteiger partial charge in [0.25, 0.3) is 5.91 Å². The molecule has 4 heteroatoms. The molecule has 0 fully saturated rings. The van der Waals surface area contributed by atoms with Crippen molar-refractivity contribution in [3.63, 3.8) is 0 Å². The molecule has 1 N–H and O–H groups in total. The van der Waals surface area contributed by atoms with Gasteiger partial charge in [-0.2, -0.15) is 0 Å². The van der Waals surface area contributed by atoms with Gasteiger partial charge < -0.3 is 14.4 Å². The van der Waals surface area contributed by atoms with E-state index in [-0.39, 0.29) is 12.5 Å². The average Bonchev–Trinajstić information content (AvgIpc) is 2.76. The van der Waals surface area contributed by atoms with Gasteiger partial charge in [-0.05, 0) is 25.3 Å². The van der Waals surface area contributed by atoms with Crippen molar-refractivity contribution in [3.8, 4) is 0 Å². The van der Waals surface area contributed by atoms with Crippen LogP contribution in [0, 0.1) is 0 Å². The fraction of sp³-hybridized carbons (Fsp3) is 0.545. The zero-order chi connectivity index (χ0) is 11.1. The standard InChI is InChI=1S/C11H17NO3/c1-12(6-3-2-4-7-13)11(14)10-5-8-15-9-10/h5,8-9,13H,2-4,6-7H2,1H3. The number of carbonyl (C=O) groups is 1. The molecule has 0 bridgehead atoms. The van der Waals surface area contributed by atoms with Crippen LogP contribution in [0.2, 0.25) is 0 Å². The fourth-order valence-corrected chi connectivity index (χ4v) is 1.35. The van der Waals surface area contributed by atoms with Gasteiger partial charge >= 0.3 is 0 Å². The minimum atomic E-state index is -0.0206. The molecule has 0 aromatic carbocycles. The summed E-state index contributed by atoms with van der Waals surface area (Å²) in [6.07, 6.45) is 5.60. The van der Waals surface area contributed by atoms with E-state index in [1.54, 1.807) is 18.0 Å². The Morgan fingerprint density at radius 3 is 2.87 bits per heavy atom. The first-order chi connectivity index (χ1) is 7.25. The third-order valence-corrected chi connectivity index (χ3v) is 2.27. The molecule has 0 radical (unpaired) electrons. The summed E-state index contributed by atoms with van der Waals surface area (Å²) in [7, 11) is 1.77. The highest BCUT2D eigenvalue weighted by molar-refractivity contribution is 5.93. The lowest BCUT2D eigenvalue weighted by Crippen LogP contribution is -2.27. The summed E-state index contributed by atoms with van der Waals surface area (Å²) < 4.78 is 4.85.